The highest BCUT2D eigenvalue weighted by molar-refractivity contribution is 5.91. The molecule has 6 nitrogen and oxygen atoms in total. The van der Waals surface area contributed by atoms with Gasteiger partial charge in [0.25, 0.3) is 0 Å². The van der Waals surface area contributed by atoms with Crippen molar-refractivity contribution in [2.75, 3.05) is 28.4 Å². The molecule has 0 heterocycles. The summed E-state index contributed by atoms with van der Waals surface area (Å²) in [7, 11) is 6.14. The highest BCUT2D eigenvalue weighted by Crippen LogP contribution is 2.54. The first-order valence-electron chi connectivity index (χ1n) is 9.19. The van der Waals surface area contributed by atoms with Gasteiger partial charge in [-0.05, 0) is 43.4 Å². The number of benzene rings is 2. The number of hydrogen-bond donors (Lipinski definition) is 2. The molecule has 0 aromatic heterocycles. The third-order valence-corrected chi connectivity index (χ3v) is 5.06. The number of ether oxygens (including phenoxy) is 4. The number of allylic oxidation sites excluding steroid dienone is 1. The molecule has 2 N–H and O–H groups in total. The minimum absolute atomic E-state index is 0.194. The van der Waals surface area contributed by atoms with Gasteiger partial charge in [-0.25, -0.2) is 0 Å². The zero-order valence-electron chi connectivity index (χ0n) is 16.7. The third-order valence-electron chi connectivity index (χ3n) is 5.06. The number of rotatable bonds is 5. The molecule has 2 aromatic carbocycles. The predicted molar refractivity (Wildman–Crippen MR) is 108 cm³/mol. The zero-order valence-corrected chi connectivity index (χ0v) is 16.7. The molecule has 1 aliphatic carbocycles. The molecule has 0 radical (unpaired) electrons. The summed E-state index contributed by atoms with van der Waals surface area (Å²) >= 11 is 0. The van der Waals surface area contributed by atoms with E-state index in [-0.39, 0.29) is 17.2 Å². The summed E-state index contributed by atoms with van der Waals surface area (Å²) < 4.78 is 22.1. The second kappa shape index (κ2) is 8.33. The van der Waals surface area contributed by atoms with Gasteiger partial charge in [0.1, 0.15) is 0 Å². The van der Waals surface area contributed by atoms with Crippen molar-refractivity contribution in [2.24, 2.45) is 0 Å². The number of phenolic OH excluding ortho intramolecular Hbond substituents is 2. The van der Waals surface area contributed by atoms with E-state index in [0.717, 1.165) is 36.8 Å². The topological polar surface area (TPSA) is 77.4 Å². The fourth-order valence-corrected chi connectivity index (χ4v) is 3.74. The van der Waals surface area contributed by atoms with Gasteiger partial charge in [-0.2, -0.15) is 0 Å². The van der Waals surface area contributed by atoms with Gasteiger partial charge in [0.2, 0.25) is 11.5 Å². The second-order valence-corrected chi connectivity index (χ2v) is 6.53. The minimum atomic E-state index is -0.319. The van der Waals surface area contributed by atoms with Crippen molar-refractivity contribution >= 4 is 6.08 Å². The van der Waals surface area contributed by atoms with Crippen molar-refractivity contribution in [3.8, 4) is 45.6 Å². The van der Waals surface area contributed by atoms with E-state index in [1.54, 1.807) is 33.5 Å². The van der Waals surface area contributed by atoms with Gasteiger partial charge < -0.3 is 29.2 Å². The zero-order chi connectivity index (χ0) is 20.3. The fourth-order valence-electron chi connectivity index (χ4n) is 3.74. The van der Waals surface area contributed by atoms with E-state index in [1.807, 2.05) is 6.08 Å². The molecule has 3 rings (SSSR count). The smallest absolute Gasteiger partial charge is 0.204 e. The van der Waals surface area contributed by atoms with Crippen molar-refractivity contribution in [1.82, 2.24) is 0 Å². The van der Waals surface area contributed by atoms with E-state index >= 15 is 0 Å². The first-order valence-corrected chi connectivity index (χ1v) is 9.19. The number of phenols is 2. The average molecular weight is 386 g/mol. The summed E-state index contributed by atoms with van der Waals surface area (Å²) in [6.07, 6.45) is 7.98. The van der Waals surface area contributed by atoms with Crippen LogP contribution in [0.5, 0.6) is 34.5 Å². The van der Waals surface area contributed by atoms with E-state index in [1.165, 1.54) is 7.11 Å². The molecule has 0 saturated heterocycles. The molecule has 0 saturated carbocycles. The number of hydrogen-bond acceptors (Lipinski definition) is 6. The molecular formula is C22H26O6. The maximum absolute atomic E-state index is 10.7. The van der Waals surface area contributed by atoms with Gasteiger partial charge >= 0.3 is 0 Å². The molecule has 1 aliphatic rings. The van der Waals surface area contributed by atoms with Crippen LogP contribution < -0.4 is 18.9 Å². The van der Waals surface area contributed by atoms with Gasteiger partial charge in [0, 0.05) is 16.7 Å². The van der Waals surface area contributed by atoms with Crippen molar-refractivity contribution in [2.45, 2.75) is 25.7 Å². The predicted octanol–water partition coefficient (Wildman–Crippen LogP) is 4.54. The molecule has 0 aliphatic heterocycles. The highest BCUT2D eigenvalue weighted by Gasteiger charge is 2.28. The Kier molecular flexibility index (Phi) is 5.87. The van der Waals surface area contributed by atoms with Gasteiger partial charge in [0.15, 0.2) is 23.0 Å². The number of methoxy groups -OCH3 is 4. The molecule has 28 heavy (non-hydrogen) atoms. The lowest BCUT2D eigenvalue weighted by atomic mass is 9.88. The van der Waals surface area contributed by atoms with Crippen molar-refractivity contribution in [3.05, 3.63) is 29.3 Å². The van der Waals surface area contributed by atoms with Crippen LogP contribution in [0.3, 0.4) is 0 Å². The number of fused-ring (bicyclic) bond motifs is 1. The molecule has 2 aromatic rings. The monoisotopic (exact) mass is 386 g/mol. The summed E-state index contributed by atoms with van der Waals surface area (Å²) in [5.74, 6) is 1.12. The summed E-state index contributed by atoms with van der Waals surface area (Å²) in [6.45, 7) is 0. The molecule has 0 spiro atoms. The quantitative estimate of drug-likeness (QED) is 0.735. The van der Waals surface area contributed by atoms with Crippen LogP contribution in [0.15, 0.2) is 18.2 Å². The van der Waals surface area contributed by atoms with E-state index in [2.05, 4.69) is 6.08 Å². The van der Waals surface area contributed by atoms with Crippen LogP contribution >= 0.6 is 0 Å². The molecule has 0 fully saturated rings. The molecular weight excluding hydrogens is 360 g/mol. The van der Waals surface area contributed by atoms with Gasteiger partial charge in [0.05, 0.1) is 28.4 Å². The standard InChI is InChI=1S/C22H26O6/c1-25-16-12-11-15(18(23)19(16)24)17-13-9-7-5-6-8-10-14(13)20(26-2)22(28-4)21(17)27-3/h7,9,11-12,23-24H,5-6,8,10H2,1-4H3. The van der Waals surface area contributed by atoms with Gasteiger partial charge in [-0.3, -0.25) is 0 Å². The molecule has 6 heteroatoms. The maximum Gasteiger partial charge on any atom is 0.204 e. The van der Waals surface area contributed by atoms with Gasteiger partial charge in [-0.1, -0.05) is 12.2 Å². The van der Waals surface area contributed by atoms with E-state index in [4.69, 9.17) is 18.9 Å². The largest absolute Gasteiger partial charge is 0.504 e. The minimum Gasteiger partial charge on any atom is -0.504 e. The fraction of sp³-hybridized carbons (Fsp3) is 0.364. The van der Waals surface area contributed by atoms with Crippen LogP contribution in [0.25, 0.3) is 17.2 Å². The summed E-state index contributed by atoms with van der Waals surface area (Å²) in [4.78, 5) is 0. The van der Waals surface area contributed by atoms with Crippen LogP contribution in [-0.2, 0) is 6.42 Å². The Balaban J connectivity index is 2.44. The number of aromatic hydroxyl groups is 2. The maximum atomic E-state index is 10.7. The Morgan fingerprint density at radius 3 is 2.14 bits per heavy atom. The lowest BCUT2D eigenvalue weighted by Gasteiger charge is -2.24. The van der Waals surface area contributed by atoms with E-state index in [9.17, 15) is 10.2 Å². The average Bonchev–Trinajstić information content (AvgIpc) is 2.69. The van der Waals surface area contributed by atoms with Crippen LogP contribution in [0.2, 0.25) is 0 Å². The highest BCUT2D eigenvalue weighted by atomic mass is 16.5. The van der Waals surface area contributed by atoms with Crippen LogP contribution in [0.4, 0.5) is 0 Å². The van der Waals surface area contributed by atoms with Gasteiger partial charge in [-0.15, -0.1) is 0 Å². The van der Waals surface area contributed by atoms with Crippen molar-refractivity contribution < 1.29 is 29.2 Å². The van der Waals surface area contributed by atoms with E-state index < -0.39 is 0 Å². The molecule has 0 atom stereocenters. The second-order valence-electron chi connectivity index (χ2n) is 6.53. The first kappa shape index (κ1) is 19.7. The Labute approximate surface area is 164 Å². The molecule has 0 amide bonds. The Morgan fingerprint density at radius 2 is 1.50 bits per heavy atom. The third kappa shape index (κ3) is 3.19. The van der Waals surface area contributed by atoms with Crippen molar-refractivity contribution in [1.29, 1.82) is 0 Å². The summed E-state index contributed by atoms with van der Waals surface area (Å²) in [6, 6.07) is 3.31. The molecule has 0 unspecified atom stereocenters. The molecule has 0 bridgehead atoms. The van der Waals surface area contributed by atoms with Crippen LogP contribution in [0, 0.1) is 0 Å². The lowest BCUT2D eigenvalue weighted by molar-refractivity contribution is 0.322. The summed E-state index contributed by atoms with van der Waals surface area (Å²) in [5, 5.41) is 21.1. The van der Waals surface area contributed by atoms with Crippen LogP contribution in [-0.4, -0.2) is 38.7 Å². The normalized spacial score (nSPS) is 13.3. The first-order chi connectivity index (χ1) is 13.6. The lowest BCUT2D eigenvalue weighted by Crippen LogP contribution is -2.06. The Morgan fingerprint density at radius 1 is 0.786 bits per heavy atom. The Hall–Kier alpha value is -3.02. The summed E-state index contributed by atoms with van der Waals surface area (Å²) in [5.41, 5.74) is 2.94. The molecule has 150 valence electrons. The van der Waals surface area contributed by atoms with Crippen molar-refractivity contribution in [3.63, 3.8) is 0 Å². The Bertz CT molecular complexity index is 901. The SMILES string of the molecule is COc1ccc(-c2c3c(c(OC)c(OC)c2OC)CCCCC=C3)c(O)c1O. The van der Waals surface area contributed by atoms with E-state index in [0.29, 0.717) is 28.4 Å². The van der Waals surface area contributed by atoms with Crippen LogP contribution in [0.1, 0.15) is 30.4 Å².